The van der Waals surface area contributed by atoms with Crippen molar-refractivity contribution < 1.29 is 14.6 Å². The third-order valence-electron chi connectivity index (χ3n) is 3.36. The van der Waals surface area contributed by atoms with E-state index < -0.39 is 5.60 Å². The van der Waals surface area contributed by atoms with Crippen molar-refractivity contribution in [1.29, 1.82) is 0 Å². The van der Waals surface area contributed by atoms with Crippen molar-refractivity contribution in [2.45, 2.75) is 44.3 Å². The summed E-state index contributed by atoms with van der Waals surface area (Å²) in [4.78, 5) is 11.9. The van der Waals surface area contributed by atoms with Gasteiger partial charge >= 0.3 is 5.97 Å². The Morgan fingerprint density at radius 1 is 1.33 bits per heavy atom. The lowest BCUT2D eigenvalue weighted by molar-refractivity contribution is -0.0321. The molecule has 0 bridgehead atoms. The topological polar surface area (TPSA) is 46.5 Å². The average Bonchev–Trinajstić information content (AvgIpc) is 2.33. The average molecular weight is 269 g/mol. The van der Waals surface area contributed by atoms with E-state index in [2.05, 4.69) is 0 Å². The maximum atomic E-state index is 11.9. The summed E-state index contributed by atoms with van der Waals surface area (Å²) in [7, 11) is 0. The predicted octanol–water partition coefficient (Wildman–Crippen LogP) is 3.19. The summed E-state index contributed by atoms with van der Waals surface area (Å²) in [5, 5.41) is 10.4. The minimum Gasteiger partial charge on any atom is -0.459 e. The maximum absolute atomic E-state index is 11.9. The highest BCUT2D eigenvalue weighted by Gasteiger charge is 2.30. The number of halogens is 1. The summed E-state index contributed by atoms with van der Waals surface area (Å²) in [6.45, 7) is 1.82. The molecule has 0 aliphatic heterocycles. The fourth-order valence-corrected chi connectivity index (χ4v) is 2.26. The monoisotopic (exact) mass is 268 g/mol. The molecular weight excluding hydrogens is 252 g/mol. The molecule has 1 aliphatic rings. The minimum atomic E-state index is -0.608. The van der Waals surface area contributed by atoms with E-state index in [0.717, 1.165) is 0 Å². The van der Waals surface area contributed by atoms with E-state index in [-0.39, 0.29) is 12.1 Å². The Morgan fingerprint density at radius 2 is 1.89 bits per heavy atom. The molecule has 0 spiro atoms. The van der Waals surface area contributed by atoms with Gasteiger partial charge in [-0.25, -0.2) is 4.79 Å². The van der Waals surface area contributed by atoms with Crippen LogP contribution in [-0.2, 0) is 4.74 Å². The summed E-state index contributed by atoms with van der Waals surface area (Å²) >= 11 is 5.76. The Bertz CT molecular complexity index is 415. The van der Waals surface area contributed by atoms with E-state index in [1.165, 1.54) is 0 Å². The van der Waals surface area contributed by atoms with Gasteiger partial charge in [0, 0.05) is 5.02 Å². The largest absolute Gasteiger partial charge is 0.459 e. The molecule has 18 heavy (non-hydrogen) atoms. The van der Waals surface area contributed by atoms with Gasteiger partial charge in [0.1, 0.15) is 6.10 Å². The zero-order valence-electron chi connectivity index (χ0n) is 10.4. The van der Waals surface area contributed by atoms with Crippen molar-refractivity contribution in [1.82, 2.24) is 0 Å². The molecule has 1 aromatic rings. The first kappa shape index (κ1) is 13.4. The summed E-state index contributed by atoms with van der Waals surface area (Å²) in [6.07, 6.45) is 2.68. The van der Waals surface area contributed by atoms with Crippen molar-refractivity contribution in [2.75, 3.05) is 0 Å². The molecule has 1 fully saturated rings. The van der Waals surface area contributed by atoms with Gasteiger partial charge in [-0.05, 0) is 56.9 Å². The van der Waals surface area contributed by atoms with Crippen LogP contribution in [0.2, 0.25) is 5.02 Å². The zero-order valence-corrected chi connectivity index (χ0v) is 11.1. The number of benzene rings is 1. The van der Waals surface area contributed by atoms with Crippen molar-refractivity contribution in [3.05, 3.63) is 34.9 Å². The maximum Gasteiger partial charge on any atom is 0.338 e. The second-order valence-corrected chi connectivity index (χ2v) is 5.54. The van der Waals surface area contributed by atoms with Crippen LogP contribution in [0.15, 0.2) is 24.3 Å². The lowest BCUT2D eigenvalue weighted by Gasteiger charge is -2.32. The van der Waals surface area contributed by atoms with Crippen LogP contribution >= 0.6 is 11.6 Å². The molecule has 0 radical (unpaired) electrons. The normalized spacial score (nSPS) is 27.8. The molecule has 0 unspecified atom stereocenters. The molecule has 1 aromatic carbocycles. The van der Waals surface area contributed by atoms with Gasteiger partial charge in [0.25, 0.3) is 0 Å². The number of carbonyl (C=O) groups is 1. The van der Waals surface area contributed by atoms with Crippen LogP contribution in [0.5, 0.6) is 0 Å². The Morgan fingerprint density at radius 3 is 2.44 bits per heavy atom. The standard InChI is InChI=1S/C14H17ClO3/c1-14(17)8-6-12(7-9-14)18-13(16)10-2-4-11(15)5-3-10/h2-5,12,17H,6-9H2,1H3/t12-,14+. The van der Waals surface area contributed by atoms with Crippen molar-refractivity contribution >= 4 is 17.6 Å². The van der Waals surface area contributed by atoms with E-state index in [1.54, 1.807) is 24.3 Å². The fourth-order valence-electron chi connectivity index (χ4n) is 2.14. The third kappa shape index (κ3) is 3.47. The second kappa shape index (κ2) is 5.29. The molecule has 2 rings (SSSR count). The number of ether oxygens (including phenoxy) is 1. The lowest BCUT2D eigenvalue weighted by atomic mass is 9.85. The molecule has 0 atom stereocenters. The van der Waals surface area contributed by atoms with Gasteiger partial charge in [-0.15, -0.1) is 0 Å². The highest BCUT2D eigenvalue weighted by Crippen LogP contribution is 2.29. The number of hydrogen-bond donors (Lipinski definition) is 1. The van der Waals surface area contributed by atoms with Gasteiger partial charge < -0.3 is 9.84 Å². The Hall–Kier alpha value is -1.06. The number of aliphatic hydroxyl groups is 1. The second-order valence-electron chi connectivity index (χ2n) is 5.11. The third-order valence-corrected chi connectivity index (χ3v) is 3.62. The van der Waals surface area contributed by atoms with Crippen LogP contribution in [0.1, 0.15) is 43.0 Å². The van der Waals surface area contributed by atoms with Crippen LogP contribution in [-0.4, -0.2) is 22.8 Å². The van der Waals surface area contributed by atoms with Gasteiger partial charge in [0.15, 0.2) is 0 Å². The van der Waals surface area contributed by atoms with Crippen LogP contribution in [0.25, 0.3) is 0 Å². The van der Waals surface area contributed by atoms with E-state index >= 15 is 0 Å². The van der Waals surface area contributed by atoms with Crippen molar-refractivity contribution in [3.8, 4) is 0 Å². The first-order valence-electron chi connectivity index (χ1n) is 6.15. The summed E-state index contributed by atoms with van der Waals surface area (Å²) in [5.74, 6) is -0.321. The fraction of sp³-hybridized carbons (Fsp3) is 0.500. The van der Waals surface area contributed by atoms with Crippen LogP contribution in [0.3, 0.4) is 0 Å². The molecule has 4 heteroatoms. The Labute approximate surface area is 112 Å². The summed E-state index contributed by atoms with van der Waals surface area (Å²) in [5.41, 5.74) is -0.0971. The van der Waals surface area contributed by atoms with E-state index in [0.29, 0.717) is 36.3 Å². The van der Waals surface area contributed by atoms with Gasteiger partial charge in [-0.3, -0.25) is 0 Å². The number of esters is 1. The predicted molar refractivity (Wildman–Crippen MR) is 69.7 cm³/mol. The molecule has 1 N–H and O–H groups in total. The first-order chi connectivity index (χ1) is 8.46. The minimum absolute atomic E-state index is 0.0894. The number of rotatable bonds is 2. The van der Waals surface area contributed by atoms with E-state index in [9.17, 15) is 9.90 Å². The lowest BCUT2D eigenvalue weighted by Crippen LogP contribution is -2.34. The van der Waals surface area contributed by atoms with Crippen molar-refractivity contribution in [3.63, 3.8) is 0 Å². The van der Waals surface area contributed by atoms with Gasteiger partial charge in [0.05, 0.1) is 11.2 Å². The van der Waals surface area contributed by atoms with Gasteiger partial charge in [-0.1, -0.05) is 11.6 Å². The van der Waals surface area contributed by atoms with Crippen molar-refractivity contribution in [2.24, 2.45) is 0 Å². The van der Waals surface area contributed by atoms with Crippen LogP contribution in [0.4, 0.5) is 0 Å². The SMILES string of the molecule is C[C@]1(O)CC[C@@H](OC(=O)c2ccc(Cl)cc2)CC1. The number of carbonyl (C=O) groups excluding carboxylic acids is 1. The summed E-state index contributed by atoms with van der Waals surface area (Å²) < 4.78 is 5.42. The van der Waals surface area contributed by atoms with Crippen LogP contribution in [0, 0.1) is 0 Å². The zero-order chi connectivity index (χ0) is 13.2. The van der Waals surface area contributed by atoms with Gasteiger partial charge in [-0.2, -0.15) is 0 Å². The molecular formula is C14H17ClO3. The molecule has 0 amide bonds. The molecule has 98 valence electrons. The molecule has 0 heterocycles. The number of hydrogen-bond acceptors (Lipinski definition) is 3. The molecule has 0 aromatic heterocycles. The Balaban J connectivity index is 1.90. The highest BCUT2D eigenvalue weighted by atomic mass is 35.5. The molecule has 1 aliphatic carbocycles. The quantitative estimate of drug-likeness (QED) is 0.838. The first-order valence-corrected chi connectivity index (χ1v) is 6.53. The van der Waals surface area contributed by atoms with Gasteiger partial charge in [0.2, 0.25) is 0 Å². The smallest absolute Gasteiger partial charge is 0.338 e. The molecule has 0 saturated heterocycles. The summed E-state index contributed by atoms with van der Waals surface area (Å²) in [6, 6.07) is 6.65. The highest BCUT2D eigenvalue weighted by molar-refractivity contribution is 6.30. The van der Waals surface area contributed by atoms with Crippen LogP contribution < -0.4 is 0 Å². The molecule has 1 saturated carbocycles. The van der Waals surface area contributed by atoms with E-state index in [1.807, 2.05) is 6.92 Å². The Kier molecular flexibility index (Phi) is 3.93. The van der Waals surface area contributed by atoms with E-state index in [4.69, 9.17) is 16.3 Å². The molecule has 3 nitrogen and oxygen atoms in total.